The van der Waals surface area contributed by atoms with Gasteiger partial charge in [-0.25, -0.2) is 4.98 Å². The maximum Gasteiger partial charge on any atom is 0.270 e. The number of hydrogen-bond acceptors (Lipinski definition) is 8. The van der Waals surface area contributed by atoms with E-state index in [1.165, 1.54) is 4.57 Å². The normalized spacial score (nSPS) is 19.4. The molecule has 9 nitrogen and oxygen atoms in total. The third kappa shape index (κ3) is 3.85. The number of piperazine rings is 1. The van der Waals surface area contributed by atoms with Gasteiger partial charge in [-0.05, 0) is 45.0 Å². The van der Waals surface area contributed by atoms with E-state index in [0.717, 1.165) is 5.69 Å². The van der Waals surface area contributed by atoms with E-state index in [9.17, 15) is 15.3 Å². The summed E-state index contributed by atoms with van der Waals surface area (Å²) in [5, 5.41) is 19.3. The zero-order valence-electron chi connectivity index (χ0n) is 20.0. The van der Waals surface area contributed by atoms with Crippen LogP contribution in [-0.2, 0) is 7.05 Å². The number of methoxy groups -OCH3 is 1. The summed E-state index contributed by atoms with van der Waals surface area (Å²) in [5.41, 5.74) is 2.47. The summed E-state index contributed by atoms with van der Waals surface area (Å²) >= 11 is 0. The number of rotatable bonds is 4. The summed E-state index contributed by atoms with van der Waals surface area (Å²) in [6.45, 7) is 7.63. The van der Waals surface area contributed by atoms with Crippen molar-refractivity contribution in [2.75, 3.05) is 25.1 Å². The topological polar surface area (TPSA) is 111 Å². The molecule has 1 fully saturated rings. The Hall–Kier alpha value is -3.95. The maximum atomic E-state index is 13.0. The lowest BCUT2D eigenvalue weighted by Gasteiger charge is -2.47. The van der Waals surface area contributed by atoms with Crippen molar-refractivity contribution < 1.29 is 4.74 Å². The molecule has 0 radical (unpaired) electrons. The standard InChI is InChI=1S/C25H27N7O2/c1-15-14-32(16(2)13-31(15)17(3)21-8-7-19(34-5)12-28-21)24-20(11-27)25(33)30(4)22-9-6-18(10-26)29-23(22)24/h6-9,12,15-17H,13-14H2,1-5H3/t15-,16+,17?/m1/s1. The molecule has 0 bridgehead atoms. The highest BCUT2D eigenvalue weighted by Gasteiger charge is 2.35. The first kappa shape index (κ1) is 23.2. The summed E-state index contributed by atoms with van der Waals surface area (Å²) < 4.78 is 6.65. The number of nitriles is 2. The molecular formula is C25H27N7O2. The van der Waals surface area contributed by atoms with Gasteiger partial charge in [-0.1, -0.05) is 0 Å². The molecule has 0 N–H and O–H groups in total. The Kier molecular flexibility index (Phi) is 6.23. The van der Waals surface area contributed by atoms with Crippen molar-refractivity contribution in [1.82, 2.24) is 19.4 Å². The predicted octanol–water partition coefficient (Wildman–Crippen LogP) is 2.74. The maximum absolute atomic E-state index is 13.0. The number of anilines is 1. The number of aryl methyl sites for hydroxylation is 1. The Morgan fingerprint density at radius 2 is 1.88 bits per heavy atom. The van der Waals surface area contributed by atoms with Crippen LogP contribution >= 0.6 is 0 Å². The van der Waals surface area contributed by atoms with E-state index in [4.69, 9.17) is 4.74 Å². The molecule has 174 valence electrons. The van der Waals surface area contributed by atoms with Gasteiger partial charge in [0.25, 0.3) is 5.56 Å². The molecule has 0 aromatic carbocycles. The molecule has 4 rings (SSSR count). The lowest BCUT2D eigenvalue weighted by molar-refractivity contribution is 0.117. The van der Waals surface area contributed by atoms with Crippen LogP contribution in [0.5, 0.6) is 5.75 Å². The molecule has 3 atom stereocenters. The highest BCUT2D eigenvalue weighted by atomic mass is 16.5. The van der Waals surface area contributed by atoms with E-state index < -0.39 is 0 Å². The zero-order valence-corrected chi connectivity index (χ0v) is 20.0. The summed E-state index contributed by atoms with van der Waals surface area (Å²) in [7, 11) is 3.24. The molecule has 1 saturated heterocycles. The molecule has 34 heavy (non-hydrogen) atoms. The molecule has 1 aliphatic rings. The van der Waals surface area contributed by atoms with Gasteiger partial charge in [0.1, 0.15) is 34.7 Å². The van der Waals surface area contributed by atoms with Crippen molar-refractivity contribution in [2.24, 2.45) is 7.05 Å². The molecule has 9 heteroatoms. The van der Waals surface area contributed by atoms with Crippen molar-refractivity contribution in [2.45, 2.75) is 38.9 Å². The second kappa shape index (κ2) is 9.12. The summed E-state index contributed by atoms with van der Waals surface area (Å²) in [6, 6.07) is 11.5. The predicted molar refractivity (Wildman–Crippen MR) is 129 cm³/mol. The minimum Gasteiger partial charge on any atom is -0.495 e. The Morgan fingerprint density at radius 3 is 2.50 bits per heavy atom. The summed E-state index contributed by atoms with van der Waals surface area (Å²) in [4.78, 5) is 26.6. The van der Waals surface area contributed by atoms with Gasteiger partial charge in [0.15, 0.2) is 0 Å². The summed E-state index contributed by atoms with van der Waals surface area (Å²) in [6.07, 6.45) is 1.72. The summed E-state index contributed by atoms with van der Waals surface area (Å²) in [5.74, 6) is 0.716. The lowest BCUT2D eigenvalue weighted by Crippen LogP contribution is -2.57. The van der Waals surface area contributed by atoms with Crippen LogP contribution in [0.4, 0.5) is 5.69 Å². The van der Waals surface area contributed by atoms with Gasteiger partial charge in [0.2, 0.25) is 0 Å². The van der Waals surface area contributed by atoms with Crippen LogP contribution in [0.2, 0.25) is 0 Å². The van der Waals surface area contributed by atoms with Crippen LogP contribution in [0, 0.1) is 22.7 Å². The Balaban J connectivity index is 1.75. The number of ether oxygens (including phenoxy) is 1. The highest BCUT2D eigenvalue weighted by molar-refractivity contribution is 5.92. The number of pyridine rings is 3. The van der Waals surface area contributed by atoms with Crippen molar-refractivity contribution in [3.8, 4) is 17.9 Å². The molecule has 1 unspecified atom stereocenters. The van der Waals surface area contributed by atoms with Gasteiger partial charge in [-0.3, -0.25) is 14.7 Å². The molecule has 3 aromatic heterocycles. The van der Waals surface area contributed by atoms with Crippen molar-refractivity contribution in [3.05, 3.63) is 57.8 Å². The largest absolute Gasteiger partial charge is 0.495 e. The SMILES string of the molecule is COc1ccc(C(C)N2C[C@H](C)N(c3c(C#N)c(=O)n(C)c4ccc(C#N)nc34)C[C@H]2C)nc1. The minimum absolute atomic E-state index is 0.00755. The third-order valence-corrected chi connectivity index (χ3v) is 6.68. The fraction of sp³-hybridized carbons (Fsp3) is 0.400. The van der Waals surface area contributed by atoms with Crippen molar-refractivity contribution in [1.29, 1.82) is 10.5 Å². The van der Waals surface area contributed by atoms with Crippen molar-refractivity contribution in [3.63, 3.8) is 0 Å². The molecule has 0 saturated carbocycles. The van der Waals surface area contributed by atoms with E-state index in [1.807, 2.05) is 12.1 Å². The molecule has 1 aliphatic heterocycles. The molecule has 0 spiro atoms. The van der Waals surface area contributed by atoms with Crippen LogP contribution in [0.3, 0.4) is 0 Å². The number of fused-ring (bicyclic) bond motifs is 1. The van der Waals surface area contributed by atoms with Crippen molar-refractivity contribution >= 4 is 16.7 Å². The van der Waals surface area contributed by atoms with Gasteiger partial charge in [-0.15, -0.1) is 0 Å². The van der Waals surface area contributed by atoms with Crippen LogP contribution < -0.4 is 15.2 Å². The average Bonchev–Trinajstić information content (AvgIpc) is 2.86. The first-order chi connectivity index (χ1) is 16.3. The minimum atomic E-state index is -0.366. The first-order valence-electron chi connectivity index (χ1n) is 11.2. The Bertz CT molecular complexity index is 1370. The second-order valence-electron chi connectivity index (χ2n) is 8.72. The zero-order chi connectivity index (χ0) is 24.6. The van der Waals surface area contributed by atoms with E-state index in [2.05, 4.69) is 52.7 Å². The van der Waals surface area contributed by atoms with Gasteiger partial charge in [-0.2, -0.15) is 10.5 Å². The molecule has 3 aromatic rings. The van der Waals surface area contributed by atoms with E-state index in [1.54, 1.807) is 32.5 Å². The van der Waals surface area contributed by atoms with Crippen LogP contribution in [0.1, 0.15) is 43.8 Å². The number of hydrogen-bond donors (Lipinski definition) is 0. The van der Waals surface area contributed by atoms with E-state index in [0.29, 0.717) is 35.6 Å². The van der Waals surface area contributed by atoms with Crippen LogP contribution in [0.25, 0.3) is 11.0 Å². The van der Waals surface area contributed by atoms with Gasteiger partial charge >= 0.3 is 0 Å². The quantitative estimate of drug-likeness (QED) is 0.588. The average molecular weight is 458 g/mol. The fourth-order valence-corrected chi connectivity index (χ4v) is 4.77. The smallest absolute Gasteiger partial charge is 0.270 e. The Morgan fingerprint density at radius 1 is 1.12 bits per heavy atom. The van der Waals surface area contributed by atoms with E-state index >= 15 is 0 Å². The van der Waals surface area contributed by atoms with Gasteiger partial charge in [0, 0.05) is 38.3 Å². The first-order valence-corrected chi connectivity index (χ1v) is 11.2. The number of aromatic nitrogens is 3. The van der Waals surface area contributed by atoms with Gasteiger partial charge < -0.3 is 14.2 Å². The third-order valence-electron chi connectivity index (χ3n) is 6.68. The van der Waals surface area contributed by atoms with Crippen LogP contribution in [-0.4, -0.2) is 51.7 Å². The molecule has 0 amide bonds. The molecule has 0 aliphatic carbocycles. The highest BCUT2D eigenvalue weighted by Crippen LogP contribution is 2.34. The fourth-order valence-electron chi connectivity index (χ4n) is 4.77. The van der Waals surface area contributed by atoms with Crippen LogP contribution in [0.15, 0.2) is 35.3 Å². The Labute approximate surface area is 198 Å². The monoisotopic (exact) mass is 457 g/mol. The lowest BCUT2D eigenvalue weighted by atomic mass is 10.0. The number of nitrogens with zero attached hydrogens (tertiary/aromatic N) is 7. The second-order valence-corrected chi connectivity index (χ2v) is 8.72. The molecular weight excluding hydrogens is 430 g/mol. The van der Waals surface area contributed by atoms with Gasteiger partial charge in [0.05, 0.1) is 30.2 Å². The van der Waals surface area contributed by atoms with E-state index in [-0.39, 0.29) is 34.9 Å². The molecule has 4 heterocycles.